The number of hydrogen-bond acceptors (Lipinski definition) is 9. The predicted molar refractivity (Wildman–Crippen MR) is 182 cm³/mol. The summed E-state index contributed by atoms with van der Waals surface area (Å²) in [5, 5.41) is 9.60. The zero-order valence-electron chi connectivity index (χ0n) is 27.0. The molecule has 4 atom stereocenters. The van der Waals surface area contributed by atoms with Gasteiger partial charge >= 0.3 is 0 Å². The first-order valence-electron chi connectivity index (χ1n) is 15.0. The van der Waals surface area contributed by atoms with E-state index in [4.69, 9.17) is 26.8 Å². The smallest absolute Gasteiger partial charge is 0.247 e. The number of ether oxygens (including phenoxy) is 2. The van der Waals surface area contributed by atoms with Crippen molar-refractivity contribution >= 4 is 63.9 Å². The van der Waals surface area contributed by atoms with Crippen LogP contribution in [0.5, 0.6) is 5.75 Å². The van der Waals surface area contributed by atoms with Gasteiger partial charge in [0, 0.05) is 37.2 Å². The van der Waals surface area contributed by atoms with Crippen molar-refractivity contribution in [2.75, 3.05) is 44.5 Å². The number of anilines is 3. The molecule has 0 saturated carbocycles. The Kier molecular flexibility index (Phi) is 12.9. The number of methoxy groups -OCH3 is 1. The van der Waals surface area contributed by atoms with E-state index in [9.17, 15) is 14.0 Å². The molecule has 0 spiro atoms. The van der Waals surface area contributed by atoms with Crippen LogP contribution in [0.2, 0.25) is 5.02 Å². The van der Waals surface area contributed by atoms with Gasteiger partial charge in [0.15, 0.2) is 5.82 Å². The third-order valence-corrected chi connectivity index (χ3v) is 8.49. The molecule has 1 unspecified atom stereocenters. The number of likely N-dealkylation sites (tertiary alicyclic amines) is 1. The second kappa shape index (κ2) is 16.0. The van der Waals surface area contributed by atoms with E-state index in [1.807, 2.05) is 34.7 Å². The van der Waals surface area contributed by atoms with Crippen molar-refractivity contribution in [2.24, 2.45) is 17.1 Å². The fourth-order valence-corrected chi connectivity index (χ4v) is 5.83. The van der Waals surface area contributed by atoms with Crippen LogP contribution in [-0.2, 0) is 14.3 Å². The van der Waals surface area contributed by atoms with E-state index in [0.29, 0.717) is 54.2 Å². The van der Waals surface area contributed by atoms with Crippen LogP contribution < -0.4 is 26.4 Å². The lowest BCUT2D eigenvalue weighted by atomic mass is 9.73. The molecule has 5 N–H and O–H groups in total. The van der Waals surface area contributed by atoms with Gasteiger partial charge in [-0.25, -0.2) is 14.4 Å². The predicted octanol–water partition coefficient (Wildman–Crippen LogP) is 5.14. The number of amides is 2. The second-order valence-electron chi connectivity index (χ2n) is 12.3. The third kappa shape index (κ3) is 8.34. The van der Waals surface area contributed by atoms with Crippen molar-refractivity contribution in [1.29, 1.82) is 0 Å². The quantitative estimate of drug-likeness (QED) is 0.191. The lowest BCUT2D eigenvalue weighted by Gasteiger charge is -2.40. The maximum Gasteiger partial charge on any atom is 0.247 e. The number of aromatic nitrogens is 2. The minimum atomic E-state index is -0.702. The summed E-state index contributed by atoms with van der Waals surface area (Å²) in [5.41, 5.74) is 7.15. The van der Waals surface area contributed by atoms with Gasteiger partial charge in [0.25, 0.3) is 0 Å². The summed E-state index contributed by atoms with van der Waals surface area (Å²) in [6.07, 6.45) is 2.53. The molecule has 1 aliphatic heterocycles. The molecule has 2 heterocycles. The summed E-state index contributed by atoms with van der Waals surface area (Å²) in [5.74, 6) is -0.972. The Balaban J connectivity index is 0.00000576. The summed E-state index contributed by atoms with van der Waals surface area (Å²) < 4.78 is 25.8. The summed E-state index contributed by atoms with van der Waals surface area (Å²) in [4.78, 5) is 38.3. The summed E-state index contributed by atoms with van der Waals surface area (Å²) in [7, 11) is 3.38. The van der Waals surface area contributed by atoms with Crippen molar-refractivity contribution in [3.05, 3.63) is 47.5 Å². The number of benzene rings is 2. The number of rotatable bonds is 12. The van der Waals surface area contributed by atoms with Gasteiger partial charge in [-0.1, -0.05) is 38.4 Å². The number of hydrogen-bond donors (Lipinski definition) is 4. The number of fused-ring (bicyclic) bond motifs is 1. The molecule has 2 amide bonds. The molecule has 0 bridgehead atoms. The fraction of sp³-hybridized carbons (Fsp3) is 0.500. The molecule has 1 aromatic heterocycles. The monoisotopic (exact) mass is 679 g/mol. The third-order valence-electron chi connectivity index (χ3n) is 8.20. The molecule has 14 heteroatoms. The van der Waals surface area contributed by atoms with Gasteiger partial charge in [0.2, 0.25) is 11.8 Å². The van der Waals surface area contributed by atoms with Crippen LogP contribution in [0.25, 0.3) is 10.9 Å². The number of nitrogens with one attached hydrogen (secondary N) is 3. The molecular weight excluding hydrogens is 636 g/mol. The number of nitrogens with two attached hydrogens (primary N) is 1. The van der Waals surface area contributed by atoms with Crippen LogP contribution in [0, 0.1) is 17.2 Å². The highest BCUT2D eigenvalue weighted by Gasteiger charge is 2.44. The Hall–Kier alpha value is -3.29. The number of carbonyl (C=O) groups is 2. The lowest BCUT2D eigenvalue weighted by molar-refractivity contribution is -0.144. The van der Waals surface area contributed by atoms with E-state index in [1.165, 1.54) is 12.4 Å². The van der Waals surface area contributed by atoms with Gasteiger partial charge in [0.1, 0.15) is 30.5 Å². The Morgan fingerprint density at radius 3 is 2.61 bits per heavy atom. The van der Waals surface area contributed by atoms with E-state index in [-0.39, 0.29) is 47.6 Å². The van der Waals surface area contributed by atoms with Crippen LogP contribution in [0.1, 0.15) is 40.5 Å². The van der Waals surface area contributed by atoms with Crippen LogP contribution >= 0.6 is 24.0 Å². The van der Waals surface area contributed by atoms with Gasteiger partial charge in [-0.15, -0.1) is 12.4 Å². The summed E-state index contributed by atoms with van der Waals surface area (Å²) >= 11 is 5.98. The maximum absolute atomic E-state index is 14.7. The summed E-state index contributed by atoms with van der Waals surface area (Å²) in [6, 6.07) is 6.69. The molecule has 0 radical (unpaired) electrons. The van der Waals surface area contributed by atoms with E-state index < -0.39 is 29.2 Å². The van der Waals surface area contributed by atoms with Crippen molar-refractivity contribution in [2.45, 2.75) is 58.7 Å². The molecule has 2 aromatic carbocycles. The molecule has 3 aromatic rings. The molecule has 46 heavy (non-hydrogen) atoms. The first-order chi connectivity index (χ1) is 21.4. The van der Waals surface area contributed by atoms with Gasteiger partial charge in [0.05, 0.1) is 34.4 Å². The topological polar surface area (TPSA) is 144 Å². The van der Waals surface area contributed by atoms with Gasteiger partial charge < -0.3 is 36.1 Å². The number of nitrogens with zero attached hydrogens (tertiary/aromatic N) is 3. The first kappa shape index (κ1) is 37.2. The standard InChI is InChI=1S/C32H43ClFN7O4.ClH/c1-18(36-5)28(35)26(32(2,3)4)31(43)41-12-8-11-24(41)30(42)40-23-15-19-22(16-25(23)45-14-13-44-6)37-17-38-29(19)39-21-10-7-9-20(33)27(21)34;/h7,9-10,15-18,24,26,28,36H,8,11-14,35H2,1-6H3,(H,40,42)(H,37,38,39);1H/t18-,24-,26-,28?;/m0./s1. The van der Waals surface area contributed by atoms with Crippen LogP contribution in [0.4, 0.5) is 21.6 Å². The van der Waals surface area contributed by atoms with Crippen molar-refractivity contribution in [3.8, 4) is 5.75 Å². The van der Waals surface area contributed by atoms with Crippen molar-refractivity contribution < 1.29 is 23.5 Å². The highest BCUT2D eigenvalue weighted by Crippen LogP contribution is 2.36. The Morgan fingerprint density at radius 1 is 1.20 bits per heavy atom. The molecule has 1 aliphatic rings. The molecule has 252 valence electrons. The Labute approximate surface area is 280 Å². The van der Waals surface area contributed by atoms with Crippen LogP contribution in [-0.4, -0.2) is 78.7 Å². The highest BCUT2D eigenvalue weighted by molar-refractivity contribution is 6.31. The highest BCUT2D eigenvalue weighted by atomic mass is 35.5. The molecule has 1 saturated heterocycles. The zero-order valence-corrected chi connectivity index (χ0v) is 28.6. The van der Waals surface area contributed by atoms with Gasteiger partial charge in [-0.3, -0.25) is 9.59 Å². The average Bonchev–Trinajstić information content (AvgIpc) is 3.49. The number of halogens is 3. The van der Waals surface area contributed by atoms with Gasteiger partial charge in [-0.05, 0) is 50.4 Å². The largest absolute Gasteiger partial charge is 0.489 e. The van der Waals surface area contributed by atoms with Crippen LogP contribution in [0.3, 0.4) is 0 Å². The summed E-state index contributed by atoms with van der Waals surface area (Å²) in [6.45, 7) is 8.91. The maximum atomic E-state index is 14.7. The lowest BCUT2D eigenvalue weighted by Crippen LogP contribution is -2.57. The minimum absolute atomic E-state index is 0. The molecule has 11 nitrogen and oxygen atoms in total. The first-order valence-corrected chi connectivity index (χ1v) is 15.4. The van der Waals surface area contributed by atoms with E-state index >= 15 is 0 Å². The van der Waals surface area contributed by atoms with Crippen molar-refractivity contribution in [1.82, 2.24) is 20.2 Å². The van der Waals surface area contributed by atoms with E-state index in [1.54, 1.807) is 36.3 Å². The second-order valence-corrected chi connectivity index (χ2v) is 12.7. The normalized spacial score (nSPS) is 16.8. The fourth-order valence-electron chi connectivity index (χ4n) is 5.65. The minimum Gasteiger partial charge on any atom is -0.489 e. The molecule has 1 fully saturated rings. The zero-order chi connectivity index (χ0) is 32.9. The van der Waals surface area contributed by atoms with E-state index in [0.717, 1.165) is 0 Å². The molecular formula is C32H44Cl2FN7O4. The van der Waals surface area contributed by atoms with E-state index in [2.05, 4.69) is 25.9 Å². The Bertz CT molecular complexity index is 1520. The number of likely N-dealkylation sites (N-methyl/N-ethyl adjacent to an activating group) is 1. The number of carbonyl (C=O) groups excluding carboxylic acids is 2. The van der Waals surface area contributed by atoms with Crippen molar-refractivity contribution in [3.63, 3.8) is 0 Å². The molecule has 0 aliphatic carbocycles. The average molecular weight is 681 g/mol. The van der Waals surface area contributed by atoms with Crippen LogP contribution in [0.15, 0.2) is 36.7 Å². The van der Waals surface area contributed by atoms with Gasteiger partial charge in [-0.2, -0.15) is 0 Å². The Morgan fingerprint density at radius 2 is 1.93 bits per heavy atom. The molecule has 4 rings (SSSR count). The SMILES string of the molecule is CN[C@@H](C)C(N)[C@@H](C(=O)N1CCC[C@H]1C(=O)Nc1cc2c(Nc3cccc(Cl)c3F)ncnc2cc1OCCOC)C(C)(C)C.Cl.